The lowest BCUT2D eigenvalue weighted by atomic mass is 10.1. The molecule has 0 spiro atoms. The van der Waals surface area contributed by atoms with E-state index in [0.29, 0.717) is 6.61 Å². The summed E-state index contributed by atoms with van der Waals surface area (Å²) in [6.45, 7) is 6.72. The number of hydrogen-bond donors (Lipinski definition) is 0. The number of allylic oxidation sites excluding steroid dienone is 3. The zero-order valence-corrected chi connectivity index (χ0v) is 12.2. The highest BCUT2D eigenvalue weighted by Gasteiger charge is 2.15. The molecular weight excluding hydrogens is 290 g/mol. The second kappa shape index (κ2) is 5.44. The van der Waals surface area contributed by atoms with Crippen molar-refractivity contribution in [3.05, 3.63) is 58.7 Å². The molecule has 1 heterocycles. The van der Waals surface area contributed by atoms with E-state index in [0.717, 1.165) is 27.2 Å². The molecule has 0 aromatic heterocycles. The molecule has 2 rings (SSSR count). The van der Waals surface area contributed by atoms with Gasteiger partial charge in [-0.3, -0.25) is 0 Å². The first-order valence-electron chi connectivity index (χ1n) is 5.87. The lowest BCUT2D eigenvalue weighted by molar-refractivity contribution is 0.340. The van der Waals surface area contributed by atoms with E-state index in [2.05, 4.69) is 45.6 Å². The zero-order valence-electron chi connectivity index (χ0n) is 10.6. The van der Waals surface area contributed by atoms with Gasteiger partial charge >= 0.3 is 0 Å². The van der Waals surface area contributed by atoms with Crippen molar-refractivity contribution in [1.29, 1.82) is 0 Å². The van der Waals surface area contributed by atoms with Gasteiger partial charge in [0.2, 0.25) is 0 Å². The molecule has 0 atom stereocenters. The number of benzene rings is 1. The molecule has 1 aliphatic heterocycles. The van der Waals surface area contributed by atoms with E-state index < -0.39 is 0 Å². The summed E-state index contributed by atoms with van der Waals surface area (Å²) in [7, 11) is 2.01. The van der Waals surface area contributed by atoms with Crippen molar-refractivity contribution in [1.82, 2.24) is 4.90 Å². The Hall–Kier alpha value is -1.48. The summed E-state index contributed by atoms with van der Waals surface area (Å²) in [5.74, 6) is 0.899. The van der Waals surface area contributed by atoms with Crippen LogP contribution >= 0.6 is 15.9 Å². The fraction of sp³-hybridized carbons (Fsp3) is 0.200. The number of hydrogen-bond acceptors (Lipinski definition) is 2. The minimum Gasteiger partial charge on any atom is -0.494 e. The van der Waals surface area contributed by atoms with Gasteiger partial charge in [-0.05, 0) is 64.8 Å². The van der Waals surface area contributed by atoms with Crippen LogP contribution in [0.1, 0.15) is 12.5 Å². The Morgan fingerprint density at radius 1 is 1.22 bits per heavy atom. The summed E-state index contributed by atoms with van der Waals surface area (Å²) in [5.41, 5.74) is 3.24. The first-order chi connectivity index (χ1) is 8.63. The first kappa shape index (κ1) is 13.0. The van der Waals surface area contributed by atoms with Gasteiger partial charge in [0.15, 0.2) is 0 Å². The van der Waals surface area contributed by atoms with E-state index in [9.17, 15) is 0 Å². The maximum absolute atomic E-state index is 5.44. The van der Waals surface area contributed by atoms with Crippen LogP contribution < -0.4 is 4.74 Å². The van der Waals surface area contributed by atoms with E-state index in [1.165, 1.54) is 0 Å². The number of ether oxygens (including phenoxy) is 1. The molecule has 3 heteroatoms. The molecule has 0 saturated heterocycles. The highest BCUT2D eigenvalue weighted by Crippen LogP contribution is 2.32. The van der Waals surface area contributed by atoms with Gasteiger partial charge in [-0.25, -0.2) is 0 Å². The van der Waals surface area contributed by atoms with Gasteiger partial charge in [-0.1, -0.05) is 6.58 Å². The molecule has 18 heavy (non-hydrogen) atoms. The van der Waals surface area contributed by atoms with Crippen LogP contribution in [0.3, 0.4) is 0 Å². The Morgan fingerprint density at radius 3 is 2.50 bits per heavy atom. The Kier molecular flexibility index (Phi) is 3.92. The lowest BCUT2D eigenvalue weighted by Crippen LogP contribution is -2.17. The van der Waals surface area contributed by atoms with Gasteiger partial charge in [0.1, 0.15) is 5.75 Å². The average molecular weight is 306 g/mol. The predicted molar refractivity (Wildman–Crippen MR) is 79.5 cm³/mol. The number of likely N-dealkylation sites (N-methyl/N-ethyl adjacent to an activating group) is 1. The Bertz CT molecular complexity index is 514. The number of halogens is 1. The number of nitrogens with zero attached hydrogens (tertiary/aromatic N) is 1. The third kappa shape index (κ3) is 2.51. The molecule has 0 saturated carbocycles. The zero-order chi connectivity index (χ0) is 13.1. The van der Waals surface area contributed by atoms with Crippen molar-refractivity contribution in [2.75, 3.05) is 13.7 Å². The van der Waals surface area contributed by atoms with Crippen molar-refractivity contribution >= 4 is 21.6 Å². The SMILES string of the molecule is C=C1C(Br)=CC=C(c2ccc(OCC)cc2)N1C. The smallest absolute Gasteiger partial charge is 0.119 e. The minimum absolute atomic E-state index is 0.689. The first-order valence-corrected chi connectivity index (χ1v) is 6.66. The quantitative estimate of drug-likeness (QED) is 0.831. The topological polar surface area (TPSA) is 12.5 Å². The summed E-state index contributed by atoms with van der Waals surface area (Å²) >= 11 is 3.48. The molecule has 0 fully saturated rings. The van der Waals surface area contributed by atoms with Crippen LogP contribution in [-0.2, 0) is 0 Å². The third-order valence-corrected chi connectivity index (χ3v) is 3.61. The fourth-order valence-corrected chi connectivity index (χ4v) is 2.24. The summed E-state index contributed by atoms with van der Waals surface area (Å²) in [6.07, 6.45) is 4.10. The van der Waals surface area contributed by atoms with Crippen LogP contribution in [0, 0.1) is 0 Å². The molecule has 1 aromatic rings. The van der Waals surface area contributed by atoms with E-state index in [-0.39, 0.29) is 0 Å². The predicted octanol–water partition coefficient (Wildman–Crippen LogP) is 4.16. The van der Waals surface area contributed by atoms with Crippen LogP contribution in [0.4, 0.5) is 0 Å². The summed E-state index contributed by atoms with van der Waals surface area (Å²) in [4.78, 5) is 2.07. The van der Waals surface area contributed by atoms with E-state index >= 15 is 0 Å². The monoisotopic (exact) mass is 305 g/mol. The molecule has 0 N–H and O–H groups in total. The molecule has 0 unspecified atom stereocenters. The second-order valence-corrected chi connectivity index (χ2v) is 4.88. The van der Waals surface area contributed by atoms with Crippen LogP contribution in [0.2, 0.25) is 0 Å². The largest absolute Gasteiger partial charge is 0.494 e. The fourth-order valence-electron chi connectivity index (χ4n) is 1.84. The molecule has 94 valence electrons. The molecular formula is C15H16BrNO. The average Bonchev–Trinajstić information content (AvgIpc) is 2.38. The maximum Gasteiger partial charge on any atom is 0.119 e. The molecule has 1 aliphatic rings. The van der Waals surface area contributed by atoms with Gasteiger partial charge < -0.3 is 9.64 Å². The van der Waals surface area contributed by atoms with Crippen molar-refractivity contribution < 1.29 is 4.74 Å². The van der Waals surface area contributed by atoms with E-state index in [1.807, 2.05) is 32.2 Å². The van der Waals surface area contributed by atoms with Crippen molar-refractivity contribution in [2.45, 2.75) is 6.92 Å². The standard InChI is InChI=1S/C15H16BrNO/c1-4-18-13-7-5-12(6-8-13)15-10-9-14(16)11(2)17(15)3/h5-10H,2,4H2,1,3H3. The Balaban J connectivity index is 2.29. The van der Waals surface area contributed by atoms with E-state index in [4.69, 9.17) is 4.74 Å². The molecule has 1 aromatic carbocycles. The molecule has 2 nitrogen and oxygen atoms in total. The summed E-state index contributed by atoms with van der Waals surface area (Å²) < 4.78 is 6.46. The maximum atomic E-state index is 5.44. The van der Waals surface area contributed by atoms with Crippen molar-refractivity contribution in [3.63, 3.8) is 0 Å². The van der Waals surface area contributed by atoms with Gasteiger partial charge in [-0.15, -0.1) is 0 Å². The van der Waals surface area contributed by atoms with Gasteiger partial charge in [-0.2, -0.15) is 0 Å². The molecule has 0 amide bonds. The van der Waals surface area contributed by atoms with E-state index in [1.54, 1.807) is 0 Å². The Labute approximate surface area is 116 Å². The normalized spacial score (nSPS) is 15.3. The van der Waals surface area contributed by atoms with Crippen molar-refractivity contribution in [2.24, 2.45) is 0 Å². The van der Waals surface area contributed by atoms with Crippen LogP contribution in [0.15, 0.2) is 53.2 Å². The summed E-state index contributed by atoms with van der Waals surface area (Å²) in [5, 5.41) is 0. The van der Waals surface area contributed by atoms with Crippen molar-refractivity contribution in [3.8, 4) is 5.75 Å². The highest BCUT2D eigenvalue weighted by atomic mass is 79.9. The molecule has 0 aliphatic carbocycles. The van der Waals surface area contributed by atoms with Crippen LogP contribution in [0.25, 0.3) is 5.70 Å². The highest BCUT2D eigenvalue weighted by molar-refractivity contribution is 9.12. The Morgan fingerprint density at radius 2 is 1.89 bits per heavy atom. The minimum atomic E-state index is 0.689. The second-order valence-electron chi connectivity index (χ2n) is 4.03. The third-order valence-electron chi connectivity index (χ3n) is 2.89. The molecule has 0 bridgehead atoms. The van der Waals surface area contributed by atoms with Gasteiger partial charge in [0, 0.05) is 22.9 Å². The van der Waals surface area contributed by atoms with Gasteiger partial charge in [0.05, 0.1) is 6.61 Å². The van der Waals surface area contributed by atoms with Crippen LogP contribution in [-0.4, -0.2) is 18.6 Å². The number of rotatable bonds is 3. The molecule has 0 radical (unpaired) electrons. The van der Waals surface area contributed by atoms with Crippen LogP contribution in [0.5, 0.6) is 5.75 Å². The lowest BCUT2D eigenvalue weighted by Gasteiger charge is -2.27. The summed E-state index contributed by atoms with van der Waals surface area (Å²) in [6, 6.07) is 8.11. The van der Waals surface area contributed by atoms with Gasteiger partial charge in [0.25, 0.3) is 0 Å².